The number of benzene rings is 2. The average molecular weight is 516 g/mol. The first kappa shape index (κ1) is 30.2. The molecule has 3 rings (SSSR count). The van der Waals surface area contributed by atoms with E-state index in [0.717, 1.165) is 19.4 Å². The Kier molecular flexibility index (Phi) is 14.3. The van der Waals surface area contributed by atoms with Crippen LogP contribution in [-0.4, -0.2) is 4.57 Å². The van der Waals surface area contributed by atoms with Crippen molar-refractivity contribution in [3.63, 3.8) is 0 Å². The van der Waals surface area contributed by atoms with E-state index in [2.05, 4.69) is 96.9 Å². The number of hydrogen-bond donors (Lipinski definition) is 0. The van der Waals surface area contributed by atoms with E-state index < -0.39 is 0 Å². The molecular formula is C36H55N2+. The second-order valence-corrected chi connectivity index (χ2v) is 11.6. The summed E-state index contributed by atoms with van der Waals surface area (Å²) < 4.78 is 5.02. The van der Waals surface area contributed by atoms with E-state index in [1.807, 2.05) is 0 Å². The lowest BCUT2D eigenvalue weighted by molar-refractivity contribution is -0.678. The summed E-state index contributed by atoms with van der Waals surface area (Å²) in [6.45, 7) is 5.81. The number of rotatable bonds is 20. The van der Waals surface area contributed by atoms with E-state index in [0.29, 0.717) is 5.92 Å². The largest absolute Gasteiger partial charge is 0.260 e. The van der Waals surface area contributed by atoms with Crippen molar-refractivity contribution in [2.75, 3.05) is 0 Å². The Labute approximate surface area is 234 Å². The van der Waals surface area contributed by atoms with Gasteiger partial charge >= 0.3 is 0 Å². The Hall–Kier alpha value is -2.35. The summed E-state index contributed by atoms with van der Waals surface area (Å²) in [4.78, 5) is 0. The first-order chi connectivity index (χ1) is 18.7. The molecule has 2 nitrogen and oxygen atoms in total. The van der Waals surface area contributed by atoms with Gasteiger partial charge in [0.05, 0.1) is 20.0 Å². The molecule has 208 valence electrons. The fourth-order valence-electron chi connectivity index (χ4n) is 5.84. The Bertz CT molecular complexity index is 989. The molecule has 0 aliphatic carbocycles. The smallest absolute Gasteiger partial charge is 0.236 e. The van der Waals surface area contributed by atoms with Gasteiger partial charge < -0.3 is 0 Å². The Morgan fingerprint density at radius 3 is 1.71 bits per heavy atom. The summed E-state index contributed by atoms with van der Waals surface area (Å²) in [5, 5.41) is 0. The third-order valence-corrected chi connectivity index (χ3v) is 8.23. The van der Waals surface area contributed by atoms with Crippen LogP contribution in [0.15, 0.2) is 66.9 Å². The third kappa shape index (κ3) is 10.8. The molecule has 0 saturated heterocycles. The second kappa shape index (κ2) is 18.0. The van der Waals surface area contributed by atoms with Gasteiger partial charge in [0.25, 0.3) is 5.82 Å². The van der Waals surface area contributed by atoms with Crippen molar-refractivity contribution >= 4 is 0 Å². The van der Waals surface area contributed by atoms with Crippen LogP contribution in [-0.2, 0) is 26.4 Å². The van der Waals surface area contributed by atoms with Crippen molar-refractivity contribution in [2.45, 2.75) is 129 Å². The molecular weight excluding hydrogens is 460 g/mol. The minimum Gasteiger partial charge on any atom is -0.236 e. The number of aryl methyl sites for hydroxylation is 1. The maximum absolute atomic E-state index is 2.65. The van der Waals surface area contributed by atoms with E-state index in [4.69, 9.17) is 0 Å². The van der Waals surface area contributed by atoms with Gasteiger partial charge in [0.2, 0.25) is 0 Å². The monoisotopic (exact) mass is 515 g/mol. The molecule has 3 aromatic rings. The van der Waals surface area contributed by atoms with Gasteiger partial charge in [-0.1, -0.05) is 152 Å². The van der Waals surface area contributed by atoms with Gasteiger partial charge in [-0.2, -0.15) is 0 Å². The highest BCUT2D eigenvalue weighted by atomic mass is 15.1. The highest BCUT2D eigenvalue weighted by Gasteiger charge is 2.23. The van der Waals surface area contributed by atoms with Crippen LogP contribution in [0.5, 0.6) is 0 Å². The van der Waals surface area contributed by atoms with Crippen molar-refractivity contribution in [1.82, 2.24) is 4.57 Å². The lowest BCUT2D eigenvalue weighted by Crippen LogP contribution is -2.32. The molecule has 2 heteroatoms. The van der Waals surface area contributed by atoms with Gasteiger partial charge in [0.15, 0.2) is 0 Å². The summed E-state index contributed by atoms with van der Waals surface area (Å²) in [5.74, 6) is 1.95. The van der Waals surface area contributed by atoms with Gasteiger partial charge in [-0.3, -0.25) is 0 Å². The van der Waals surface area contributed by atoms with Gasteiger partial charge in [-0.15, -0.1) is 0 Å². The first-order valence-electron chi connectivity index (χ1n) is 15.8. The molecule has 2 aromatic carbocycles. The fourth-order valence-corrected chi connectivity index (χ4v) is 5.84. The van der Waals surface area contributed by atoms with Crippen molar-refractivity contribution in [2.24, 2.45) is 7.05 Å². The van der Waals surface area contributed by atoms with Crippen LogP contribution >= 0.6 is 0 Å². The number of unbranched alkanes of at least 4 members (excludes halogenated alkanes) is 13. The normalized spacial score (nSPS) is 12.2. The van der Waals surface area contributed by atoms with Crippen LogP contribution in [0.2, 0.25) is 0 Å². The minimum absolute atomic E-state index is 0.519. The molecule has 0 spiro atoms. The SMILES string of the molecule is CCCCCCCCCCCCCCCCn1c(CC(C)c2ccccc2)c[n+](C)c1Cc1ccccc1. The lowest BCUT2D eigenvalue weighted by Gasteiger charge is -2.12. The van der Waals surface area contributed by atoms with E-state index in [1.54, 1.807) is 0 Å². The summed E-state index contributed by atoms with van der Waals surface area (Å²) in [7, 11) is 2.23. The Balaban J connectivity index is 1.45. The molecule has 1 atom stereocenters. The predicted octanol–water partition coefficient (Wildman–Crippen LogP) is 9.73. The molecule has 1 aromatic heterocycles. The highest BCUT2D eigenvalue weighted by molar-refractivity contribution is 5.22. The van der Waals surface area contributed by atoms with Gasteiger partial charge in [-0.25, -0.2) is 9.13 Å². The molecule has 0 bridgehead atoms. The zero-order valence-electron chi connectivity index (χ0n) is 24.8. The lowest BCUT2D eigenvalue weighted by atomic mass is 9.96. The van der Waals surface area contributed by atoms with Crippen LogP contribution < -0.4 is 4.57 Å². The summed E-state index contributed by atoms with van der Waals surface area (Å²) in [6.07, 6.45) is 24.2. The van der Waals surface area contributed by atoms with E-state index >= 15 is 0 Å². The van der Waals surface area contributed by atoms with Crippen molar-refractivity contribution in [1.29, 1.82) is 0 Å². The summed E-state index contributed by atoms with van der Waals surface area (Å²) >= 11 is 0. The zero-order chi connectivity index (χ0) is 26.8. The predicted molar refractivity (Wildman–Crippen MR) is 164 cm³/mol. The first-order valence-corrected chi connectivity index (χ1v) is 15.8. The average Bonchev–Trinajstić information content (AvgIpc) is 3.23. The van der Waals surface area contributed by atoms with Crippen LogP contribution in [0.4, 0.5) is 0 Å². The highest BCUT2D eigenvalue weighted by Crippen LogP contribution is 2.22. The molecule has 0 aliphatic rings. The zero-order valence-corrected chi connectivity index (χ0v) is 24.8. The number of aromatic nitrogens is 2. The second-order valence-electron chi connectivity index (χ2n) is 11.6. The maximum Gasteiger partial charge on any atom is 0.260 e. The molecule has 0 saturated carbocycles. The van der Waals surface area contributed by atoms with Crippen molar-refractivity contribution in [3.05, 3.63) is 89.5 Å². The molecule has 0 fully saturated rings. The van der Waals surface area contributed by atoms with E-state index in [9.17, 15) is 0 Å². The van der Waals surface area contributed by atoms with Crippen LogP contribution in [0.1, 0.15) is 132 Å². The quantitative estimate of drug-likeness (QED) is 0.105. The Morgan fingerprint density at radius 1 is 0.658 bits per heavy atom. The van der Waals surface area contributed by atoms with Gasteiger partial charge in [0, 0.05) is 6.42 Å². The number of hydrogen-bond acceptors (Lipinski definition) is 0. The summed E-state index contributed by atoms with van der Waals surface area (Å²) in [6, 6.07) is 22.0. The molecule has 1 unspecified atom stereocenters. The van der Waals surface area contributed by atoms with Crippen LogP contribution in [0, 0.1) is 0 Å². The molecule has 0 N–H and O–H groups in total. The van der Waals surface area contributed by atoms with E-state index in [-0.39, 0.29) is 0 Å². The number of imidazole rings is 1. The van der Waals surface area contributed by atoms with E-state index in [1.165, 1.54) is 113 Å². The molecule has 0 radical (unpaired) electrons. The van der Waals surface area contributed by atoms with Gasteiger partial charge in [0.1, 0.15) is 11.9 Å². The maximum atomic E-state index is 2.65. The molecule has 38 heavy (non-hydrogen) atoms. The molecule has 0 aliphatic heterocycles. The van der Waals surface area contributed by atoms with Crippen molar-refractivity contribution < 1.29 is 4.57 Å². The minimum atomic E-state index is 0.519. The number of nitrogens with zero attached hydrogens (tertiary/aromatic N) is 2. The topological polar surface area (TPSA) is 8.81 Å². The van der Waals surface area contributed by atoms with Gasteiger partial charge in [-0.05, 0) is 29.9 Å². The van der Waals surface area contributed by atoms with Crippen LogP contribution in [0.25, 0.3) is 0 Å². The van der Waals surface area contributed by atoms with Crippen LogP contribution in [0.3, 0.4) is 0 Å². The Morgan fingerprint density at radius 2 is 1.16 bits per heavy atom. The summed E-state index contributed by atoms with van der Waals surface area (Å²) in [5.41, 5.74) is 4.31. The molecule has 1 heterocycles. The molecule has 0 amide bonds. The third-order valence-electron chi connectivity index (χ3n) is 8.23. The standard InChI is InChI=1S/C36H55N2/c1-4-5-6-7-8-9-10-11-12-13-14-15-16-23-28-38-35(29-32(2)34-26-21-18-22-27-34)31-37(3)36(38)30-33-24-19-17-20-25-33/h17-22,24-27,31-32H,4-16,23,28-30H2,1-3H3/q+1. The van der Waals surface area contributed by atoms with Crippen molar-refractivity contribution in [3.8, 4) is 0 Å². The fraction of sp³-hybridized carbons (Fsp3) is 0.583.